The van der Waals surface area contributed by atoms with E-state index < -0.39 is 6.10 Å². The second-order valence-electron chi connectivity index (χ2n) is 8.42. The number of nitrogens with zero attached hydrogens (tertiary/aromatic N) is 2. The highest BCUT2D eigenvalue weighted by molar-refractivity contribution is 5.84. The molecule has 0 spiro atoms. The van der Waals surface area contributed by atoms with Crippen LogP contribution in [0.1, 0.15) is 16.7 Å². The Hall–Kier alpha value is -3.32. The number of carbonyl (C=O) groups is 1. The highest BCUT2D eigenvalue weighted by Gasteiger charge is 2.34. The van der Waals surface area contributed by atoms with Crippen molar-refractivity contribution in [3.8, 4) is 5.75 Å². The number of fused-ring (bicyclic) bond motifs is 2. The summed E-state index contributed by atoms with van der Waals surface area (Å²) in [6.07, 6.45) is -0.613. The molecule has 0 bridgehead atoms. The van der Waals surface area contributed by atoms with Crippen LogP contribution in [-0.4, -0.2) is 49.8 Å². The van der Waals surface area contributed by atoms with Crippen molar-refractivity contribution in [1.29, 1.82) is 0 Å². The minimum atomic E-state index is -0.613. The molecule has 1 fully saturated rings. The molecule has 1 saturated heterocycles. The largest absolute Gasteiger partial charge is 0.477 e. The molecule has 1 unspecified atom stereocenters. The molecule has 2 aromatic carbocycles. The number of rotatable bonds is 3. The van der Waals surface area contributed by atoms with Gasteiger partial charge in [-0.05, 0) is 54.8 Å². The summed E-state index contributed by atoms with van der Waals surface area (Å²) in [6, 6.07) is 13.2. The number of amides is 1. The molecular weight excluding hydrogens is 408 g/mol. The van der Waals surface area contributed by atoms with Crippen LogP contribution in [0.5, 0.6) is 5.75 Å². The van der Waals surface area contributed by atoms with E-state index in [1.807, 2.05) is 44.2 Å². The summed E-state index contributed by atoms with van der Waals surface area (Å²) in [6.45, 7) is 7.16. The molecule has 0 saturated carbocycles. The summed E-state index contributed by atoms with van der Waals surface area (Å²) in [5.41, 5.74) is 4.19. The fourth-order valence-electron chi connectivity index (χ4n) is 4.39. The van der Waals surface area contributed by atoms with Gasteiger partial charge in [-0.1, -0.05) is 12.1 Å². The number of morpholine rings is 1. The molecule has 2 aliphatic heterocycles. The Balaban J connectivity index is 1.50. The van der Waals surface area contributed by atoms with Crippen LogP contribution >= 0.6 is 0 Å². The minimum absolute atomic E-state index is 0.0308. The summed E-state index contributed by atoms with van der Waals surface area (Å²) in [7, 11) is 0. The Morgan fingerprint density at radius 1 is 1.06 bits per heavy atom. The van der Waals surface area contributed by atoms with Gasteiger partial charge in [0, 0.05) is 31.1 Å². The first-order valence-electron chi connectivity index (χ1n) is 10.9. The SMILES string of the molecule is Cc1cc2oc(=O)cc(CN3CC(C(=O)N4CCOCC4)Oc4ccccc43)c2cc1C. The predicted molar refractivity (Wildman–Crippen MR) is 121 cm³/mol. The van der Waals surface area contributed by atoms with Gasteiger partial charge in [0.2, 0.25) is 0 Å². The van der Waals surface area contributed by atoms with Gasteiger partial charge < -0.3 is 23.7 Å². The lowest BCUT2D eigenvalue weighted by molar-refractivity contribution is -0.142. The molecule has 1 atom stereocenters. The highest BCUT2D eigenvalue weighted by Crippen LogP contribution is 2.35. The van der Waals surface area contributed by atoms with Crippen molar-refractivity contribution in [2.75, 3.05) is 37.7 Å². The first kappa shape index (κ1) is 20.6. The average molecular weight is 434 g/mol. The number of benzene rings is 2. The van der Waals surface area contributed by atoms with Gasteiger partial charge in [-0.2, -0.15) is 0 Å². The van der Waals surface area contributed by atoms with Crippen LogP contribution < -0.4 is 15.3 Å². The van der Waals surface area contributed by atoms with E-state index in [4.69, 9.17) is 13.9 Å². The molecule has 3 heterocycles. The number of ether oxygens (including phenoxy) is 2. The average Bonchev–Trinajstić information content (AvgIpc) is 2.80. The van der Waals surface area contributed by atoms with Crippen LogP contribution in [0.15, 0.2) is 51.7 Å². The summed E-state index contributed by atoms with van der Waals surface area (Å²) in [5.74, 6) is 0.640. The van der Waals surface area contributed by atoms with E-state index in [-0.39, 0.29) is 11.5 Å². The number of anilines is 1. The smallest absolute Gasteiger partial charge is 0.336 e. The van der Waals surface area contributed by atoms with Gasteiger partial charge in [-0.15, -0.1) is 0 Å². The topological polar surface area (TPSA) is 72.2 Å². The van der Waals surface area contributed by atoms with Crippen LogP contribution in [0.2, 0.25) is 0 Å². The van der Waals surface area contributed by atoms with Gasteiger partial charge >= 0.3 is 5.63 Å². The lowest BCUT2D eigenvalue weighted by atomic mass is 10.0. The van der Waals surface area contributed by atoms with E-state index >= 15 is 0 Å². The Morgan fingerprint density at radius 3 is 2.62 bits per heavy atom. The fraction of sp³-hybridized carbons (Fsp3) is 0.360. The molecule has 2 aliphatic rings. The monoisotopic (exact) mass is 434 g/mol. The van der Waals surface area contributed by atoms with Crippen molar-refractivity contribution in [2.45, 2.75) is 26.5 Å². The van der Waals surface area contributed by atoms with Crippen molar-refractivity contribution in [1.82, 2.24) is 4.90 Å². The number of hydrogen-bond donors (Lipinski definition) is 0. The molecule has 5 rings (SSSR count). The zero-order valence-corrected chi connectivity index (χ0v) is 18.3. The summed E-state index contributed by atoms with van der Waals surface area (Å²) in [5, 5.41) is 0.910. The maximum Gasteiger partial charge on any atom is 0.336 e. The second kappa shape index (κ2) is 8.31. The molecular formula is C25H26N2O5. The van der Waals surface area contributed by atoms with Gasteiger partial charge in [0.05, 0.1) is 25.4 Å². The van der Waals surface area contributed by atoms with E-state index in [1.54, 1.807) is 11.0 Å². The first-order chi connectivity index (χ1) is 15.5. The minimum Gasteiger partial charge on any atom is -0.477 e. The lowest BCUT2D eigenvalue weighted by Gasteiger charge is -2.38. The van der Waals surface area contributed by atoms with Gasteiger partial charge in [-0.25, -0.2) is 4.79 Å². The van der Waals surface area contributed by atoms with Crippen molar-refractivity contribution in [2.24, 2.45) is 0 Å². The van der Waals surface area contributed by atoms with Gasteiger partial charge in [-0.3, -0.25) is 4.79 Å². The maximum absolute atomic E-state index is 13.2. The van der Waals surface area contributed by atoms with Crippen molar-refractivity contribution >= 4 is 22.6 Å². The standard InChI is InChI=1S/C25H26N2O5/c1-16-11-19-18(13-24(28)32-22(19)12-17(16)2)14-27-15-23(25(29)26-7-9-30-10-8-26)31-21-6-4-3-5-20(21)27/h3-6,11-13,23H,7-10,14-15H2,1-2H3. The molecule has 1 amide bonds. The molecule has 7 heteroatoms. The van der Waals surface area contributed by atoms with E-state index in [0.717, 1.165) is 27.8 Å². The van der Waals surface area contributed by atoms with E-state index in [1.165, 1.54) is 0 Å². The van der Waals surface area contributed by atoms with Crippen LogP contribution in [0.25, 0.3) is 11.0 Å². The summed E-state index contributed by atoms with van der Waals surface area (Å²) in [4.78, 5) is 29.4. The van der Waals surface area contributed by atoms with Crippen LogP contribution in [0.4, 0.5) is 5.69 Å². The van der Waals surface area contributed by atoms with E-state index in [2.05, 4.69) is 11.0 Å². The number of hydrogen-bond acceptors (Lipinski definition) is 6. The molecule has 3 aromatic rings. The molecule has 0 radical (unpaired) electrons. The molecule has 166 valence electrons. The molecule has 7 nitrogen and oxygen atoms in total. The maximum atomic E-state index is 13.2. The van der Waals surface area contributed by atoms with Gasteiger partial charge in [0.1, 0.15) is 11.3 Å². The second-order valence-corrected chi connectivity index (χ2v) is 8.42. The fourth-order valence-corrected chi connectivity index (χ4v) is 4.39. The van der Waals surface area contributed by atoms with E-state index in [0.29, 0.717) is 50.7 Å². The quantitative estimate of drug-likeness (QED) is 0.590. The molecule has 32 heavy (non-hydrogen) atoms. The zero-order chi connectivity index (χ0) is 22.2. The number of carbonyl (C=O) groups excluding carboxylic acids is 1. The highest BCUT2D eigenvalue weighted by atomic mass is 16.5. The van der Waals surface area contributed by atoms with Gasteiger partial charge in [0.15, 0.2) is 6.10 Å². The zero-order valence-electron chi connectivity index (χ0n) is 18.3. The van der Waals surface area contributed by atoms with Crippen molar-refractivity contribution in [3.63, 3.8) is 0 Å². The molecule has 1 aromatic heterocycles. The number of aryl methyl sites for hydroxylation is 2. The van der Waals surface area contributed by atoms with Crippen LogP contribution in [0.3, 0.4) is 0 Å². The van der Waals surface area contributed by atoms with Crippen LogP contribution in [-0.2, 0) is 16.1 Å². The lowest BCUT2D eigenvalue weighted by Crippen LogP contribution is -2.52. The van der Waals surface area contributed by atoms with Crippen molar-refractivity contribution < 1.29 is 18.7 Å². The van der Waals surface area contributed by atoms with Crippen LogP contribution in [0, 0.1) is 13.8 Å². The summed E-state index contributed by atoms with van der Waals surface area (Å²) >= 11 is 0. The Labute approximate surface area is 186 Å². The summed E-state index contributed by atoms with van der Waals surface area (Å²) < 4.78 is 17.0. The Kier molecular flexibility index (Phi) is 5.35. The van der Waals surface area contributed by atoms with E-state index in [9.17, 15) is 9.59 Å². The third-order valence-electron chi connectivity index (χ3n) is 6.27. The third-order valence-corrected chi connectivity index (χ3v) is 6.27. The van der Waals surface area contributed by atoms with Gasteiger partial charge in [0.25, 0.3) is 5.91 Å². The number of para-hydroxylation sites is 2. The first-order valence-corrected chi connectivity index (χ1v) is 10.9. The normalized spacial score (nSPS) is 18.4. The van der Waals surface area contributed by atoms with Crippen molar-refractivity contribution in [3.05, 3.63) is 69.6 Å². The Morgan fingerprint density at radius 2 is 1.81 bits per heavy atom. The third kappa shape index (κ3) is 3.84. The molecule has 0 N–H and O–H groups in total. The Bertz CT molecular complexity index is 1230. The predicted octanol–water partition coefficient (Wildman–Crippen LogP) is 3.04. The molecule has 0 aliphatic carbocycles.